The zero-order chi connectivity index (χ0) is 21.7. The Bertz CT molecular complexity index is 1160. The lowest BCUT2D eigenvalue weighted by Gasteiger charge is -2.25. The number of fused-ring (bicyclic) bond motifs is 1. The summed E-state index contributed by atoms with van der Waals surface area (Å²) in [6, 6.07) is 8.01. The van der Waals surface area contributed by atoms with Crippen molar-refractivity contribution in [3.8, 4) is 5.69 Å². The van der Waals surface area contributed by atoms with Crippen LogP contribution in [0.5, 0.6) is 0 Å². The van der Waals surface area contributed by atoms with E-state index in [1.165, 1.54) is 47.9 Å². The molecule has 1 atom stereocenters. The number of aryl methyl sites for hydroxylation is 1. The molecule has 1 unspecified atom stereocenters. The molecule has 11 heteroatoms. The third-order valence-electron chi connectivity index (χ3n) is 4.53. The number of carbonyl (C=O) groups is 1. The average molecular weight is 473 g/mol. The molecule has 1 heterocycles. The molecule has 2 N–H and O–H groups in total. The van der Waals surface area contributed by atoms with Crippen LogP contribution in [-0.4, -0.2) is 31.8 Å². The number of carboxylic acid groups (broad SMARTS) is 1. The molecule has 0 bridgehead atoms. The number of nitro benzene ring substituents is 1. The Balaban J connectivity index is 2.38. The fourth-order valence-electron chi connectivity index (χ4n) is 3.10. The number of aromatic nitrogens is 1. The number of non-ortho nitro benzene ring substituents is 1. The van der Waals surface area contributed by atoms with E-state index in [9.17, 15) is 38.3 Å². The van der Waals surface area contributed by atoms with E-state index < -0.39 is 28.2 Å². The van der Waals surface area contributed by atoms with Crippen LogP contribution in [0.25, 0.3) is 16.6 Å². The van der Waals surface area contributed by atoms with Gasteiger partial charge in [-0.2, -0.15) is 13.2 Å². The Morgan fingerprint density at radius 2 is 1.86 bits per heavy atom. The summed E-state index contributed by atoms with van der Waals surface area (Å²) in [6.07, 6.45) is -4.61. The first kappa shape index (κ1) is 20.8. The Morgan fingerprint density at radius 1 is 1.21 bits per heavy atom. The first-order valence-electron chi connectivity index (χ1n) is 7.97. The highest BCUT2D eigenvalue weighted by molar-refractivity contribution is 9.10. The minimum Gasteiger partial charge on any atom is -0.479 e. The number of hydrogen-bond acceptors (Lipinski definition) is 4. The van der Waals surface area contributed by atoms with E-state index in [-0.39, 0.29) is 16.6 Å². The lowest BCUT2D eigenvalue weighted by molar-refractivity contribution is -0.384. The maximum absolute atomic E-state index is 13.6. The van der Waals surface area contributed by atoms with E-state index in [1.807, 2.05) is 0 Å². The van der Waals surface area contributed by atoms with Gasteiger partial charge in [-0.25, -0.2) is 4.79 Å². The summed E-state index contributed by atoms with van der Waals surface area (Å²) >= 11 is 3.13. The highest BCUT2D eigenvalue weighted by atomic mass is 79.9. The van der Waals surface area contributed by atoms with Gasteiger partial charge in [-0.3, -0.25) is 10.1 Å². The van der Waals surface area contributed by atoms with Crippen LogP contribution in [0.1, 0.15) is 11.1 Å². The first-order valence-corrected chi connectivity index (χ1v) is 8.76. The second-order valence-corrected chi connectivity index (χ2v) is 7.23. The number of alkyl halides is 3. The molecule has 0 amide bonds. The maximum Gasteiger partial charge on any atom is 0.432 e. The standard InChI is InChI=1S/C18H12BrF3N2O5/c1-9-6-11(24(28)29)3-5-14(9)23-8-13(12-7-10(19)2-4-15(12)23)17(27,16(25)26)18(20,21)22/h2-8,27H,1H3,(H,25,26). The number of carboxylic acids is 1. The van der Waals surface area contributed by atoms with Crippen molar-refractivity contribution in [3.05, 3.63) is 68.3 Å². The van der Waals surface area contributed by atoms with Crippen LogP contribution in [0.15, 0.2) is 47.1 Å². The van der Waals surface area contributed by atoms with Gasteiger partial charge in [0.1, 0.15) is 0 Å². The summed E-state index contributed by atoms with van der Waals surface area (Å²) in [5.41, 5.74) is -4.37. The Kier molecular flexibility index (Phi) is 4.91. The minimum atomic E-state index is -5.50. The van der Waals surface area contributed by atoms with Crippen molar-refractivity contribution >= 4 is 38.5 Å². The van der Waals surface area contributed by atoms with Gasteiger partial charge < -0.3 is 14.8 Å². The largest absolute Gasteiger partial charge is 0.479 e. The van der Waals surface area contributed by atoms with Crippen molar-refractivity contribution in [2.45, 2.75) is 18.7 Å². The van der Waals surface area contributed by atoms with E-state index in [0.29, 0.717) is 15.7 Å². The van der Waals surface area contributed by atoms with Gasteiger partial charge >= 0.3 is 12.1 Å². The molecule has 7 nitrogen and oxygen atoms in total. The van der Waals surface area contributed by atoms with Gasteiger partial charge in [0, 0.05) is 39.4 Å². The second kappa shape index (κ2) is 6.85. The molecule has 0 aliphatic rings. The van der Waals surface area contributed by atoms with E-state index in [1.54, 1.807) is 0 Å². The van der Waals surface area contributed by atoms with Crippen LogP contribution in [0.4, 0.5) is 18.9 Å². The van der Waals surface area contributed by atoms with E-state index in [4.69, 9.17) is 0 Å². The number of hydrogen-bond donors (Lipinski definition) is 2. The molecular formula is C18H12BrF3N2O5. The van der Waals surface area contributed by atoms with Gasteiger partial charge in [0.05, 0.1) is 10.4 Å². The molecule has 0 spiro atoms. The van der Waals surface area contributed by atoms with Gasteiger partial charge in [-0.05, 0) is 36.8 Å². The van der Waals surface area contributed by atoms with Crippen molar-refractivity contribution in [3.63, 3.8) is 0 Å². The Labute approximate surface area is 169 Å². The van der Waals surface area contributed by atoms with Crippen molar-refractivity contribution in [2.24, 2.45) is 0 Å². The monoisotopic (exact) mass is 472 g/mol. The highest BCUT2D eigenvalue weighted by Gasteiger charge is 2.62. The second-order valence-electron chi connectivity index (χ2n) is 6.32. The predicted molar refractivity (Wildman–Crippen MR) is 100.0 cm³/mol. The fourth-order valence-corrected chi connectivity index (χ4v) is 3.46. The van der Waals surface area contributed by atoms with Crippen LogP contribution in [0.2, 0.25) is 0 Å². The quantitative estimate of drug-likeness (QED) is 0.431. The zero-order valence-corrected chi connectivity index (χ0v) is 16.2. The van der Waals surface area contributed by atoms with Crippen LogP contribution in [-0.2, 0) is 10.4 Å². The van der Waals surface area contributed by atoms with Crippen LogP contribution in [0.3, 0.4) is 0 Å². The number of nitro groups is 1. The molecule has 0 saturated heterocycles. The Morgan fingerprint density at radius 3 is 2.38 bits per heavy atom. The normalized spacial score (nSPS) is 14.0. The molecule has 0 radical (unpaired) electrons. The first-order chi connectivity index (χ1) is 13.4. The average Bonchev–Trinajstić information content (AvgIpc) is 2.98. The predicted octanol–water partition coefficient (Wildman–Crippen LogP) is 4.44. The van der Waals surface area contributed by atoms with Gasteiger partial charge in [-0.15, -0.1) is 0 Å². The molecule has 0 saturated carbocycles. The molecular weight excluding hydrogens is 461 g/mol. The summed E-state index contributed by atoms with van der Waals surface area (Å²) in [6.45, 7) is 1.53. The van der Waals surface area contributed by atoms with Crippen LogP contribution >= 0.6 is 15.9 Å². The molecule has 0 aliphatic heterocycles. The zero-order valence-electron chi connectivity index (χ0n) is 14.6. The summed E-state index contributed by atoms with van der Waals surface area (Å²) in [5, 5.41) is 30.2. The number of nitrogens with zero attached hydrogens (tertiary/aromatic N) is 2. The van der Waals surface area contributed by atoms with Crippen molar-refractivity contribution in [1.29, 1.82) is 0 Å². The van der Waals surface area contributed by atoms with Crippen molar-refractivity contribution in [2.75, 3.05) is 0 Å². The molecule has 1 aromatic heterocycles. The molecule has 29 heavy (non-hydrogen) atoms. The lowest BCUT2D eigenvalue weighted by Crippen LogP contribution is -2.49. The van der Waals surface area contributed by atoms with Crippen LogP contribution < -0.4 is 0 Å². The smallest absolute Gasteiger partial charge is 0.432 e. The summed E-state index contributed by atoms with van der Waals surface area (Å²) < 4.78 is 42.4. The third kappa shape index (κ3) is 3.25. The molecule has 0 aliphatic carbocycles. The van der Waals surface area contributed by atoms with Gasteiger partial charge in [0.15, 0.2) is 0 Å². The van der Waals surface area contributed by atoms with E-state index >= 15 is 0 Å². The fraction of sp³-hybridized carbons (Fsp3) is 0.167. The molecule has 0 fully saturated rings. The van der Waals surface area contributed by atoms with Crippen LogP contribution in [0, 0.1) is 17.0 Å². The summed E-state index contributed by atoms with van der Waals surface area (Å²) in [4.78, 5) is 21.8. The molecule has 2 aromatic carbocycles. The molecule has 3 rings (SSSR count). The SMILES string of the molecule is Cc1cc([N+](=O)[O-])ccc1-n1cc(C(O)(C(=O)O)C(F)(F)F)c2cc(Br)ccc21. The number of benzene rings is 2. The number of aliphatic hydroxyl groups is 1. The van der Waals surface area contributed by atoms with Gasteiger partial charge in [-0.1, -0.05) is 15.9 Å². The summed E-state index contributed by atoms with van der Waals surface area (Å²) in [7, 11) is 0. The number of aliphatic carboxylic acids is 1. The number of halogens is 4. The van der Waals surface area contributed by atoms with Gasteiger partial charge in [0.25, 0.3) is 11.3 Å². The van der Waals surface area contributed by atoms with Crippen molar-refractivity contribution < 1.29 is 33.1 Å². The van der Waals surface area contributed by atoms with Crippen molar-refractivity contribution in [1.82, 2.24) is 4.57 Å². The van der Waals surface area contributed by atoms with E-state index in [0.717, 1.165) is 6.20 Å². The molecule has 152 valence electrons. The Hall–Kier alpha value is -2.92. The minimum absolute atomic E-state index is 0.139. The topological polar surface area (TPSA) is 106 Å². The maximum atomic E-state index is 13.6. The van der Waals surface area contributed by atoms with E-state index in [2.05, 4.69) is 15.9 Å². The third-order valence-corrected chi connectivity index (χ3v) is 5.02. The number of rotatable bonds is 4. The highest BCUT2D eigenvalue weighted by Crippen LogP contribution is 2.44. The lowest BCUT2D eigenvalue weighted by atomic mass is 9.93. The van der Waals surface area contributed by atoms with Gasteiger partial charge in [0.2, 0.25) is 0 Å². The summed E-state index contributed by atoms with van der Waals surface area (Å²) in [5.74, 6) is -2.47. The molecule has 3 aromatic rings.